The molecule has 2 atom stereocenters. The van der Waals surface area contributed by atoms with E-state index in [1.165, 1.54) is 12.8 Å². The van der Waals surface area contributed by atoms with E-state index < -0.39 is 5.79 Å². The third-order valence-corrected chi connectivity index (χ3v) is 3.62. The minimum atomic E-state index is -0.453. The van der Waals surface area contributed by atoms with Crippen LogP contribution in [0.15, 0.2) is 30.3 Å². The molecule has 0 spiro atoms. The van der Waals surface area contributed by atoms with Gasteiger partial charge in [0.05, 0.1) is 6.61 Å². The van der Waals surface area contributed by atoms with Crippen molar-refractivity contribution in [3.8, 4) is 5.75 Å². The Morgan fingerprint density at radius 2 is 2.00 bits per heavy atom. The zero-order valence-corrected chi connectivity index (χ0v) is 10.8. The quantitative estimate of drug-likeness (QED) is 0.549. The second kappa shape index (κ2) is 4.90. The van der Waals surface area contributed by atoms with E-state index in [2.05, 4.69) is 0 Å². The van der Waals surface area contributed by atoms with E-state index in [4.69, 9.17) is 14.2 Å². The Labute approximate surface area is 108 Å². The van der Waals surface area contributed by atoms with E-state index in [1.54, 1.807) is 0 Å². The third-order valence-electron chi connectivity index (χ3n) is 3.62. The molecule has 1 aromatic rings. The smallest absolute Gasteiger partial charge is 0.239 e. The molecule has 0 aromatic heterocycles. The Morgan fingerprint density at radius 3 is 2.61 bits per heavy atom. The van der Waals surface area contributed by atoms with Crippen molar-refractivity contribution in [1.82, 2.24) is 0 Å². The molecule has 98 valence electrons. The molecular formula is C15H20O3. The first kappa shape index (κ1) is 12.0. The Morgan fingerprint density at radius 1 is 1.28 bits per heavy atom. The van der Waals surface area contributed by atoms with Gasteiger partial charge in [0.1, 0.15) is 11.9 Å². The standard InChI is InChI=1S/C15H20O3/c1-12-15(17-12,9-10-16-11-13-7-8-13)18-14-5-3-2-4-6-14/h2-6,12-13H,7-11H2,1H3. The summed E-state index contributed by atoms with van der Waals surface area (Å²) < 4.78 is 17.2. The number of benzene rings is 1. The highest BCUT2D eigenvalue weighted by Gasteiger charge is 2.56. The largest absolute Gasteiger partial charge is 0.459 e. The summed E-state index contributed by atoms with van der Waals surface area (Å²) in [7, 11) is 0. The van der Waals surface area contributed by atoms with E-state index >= 15 is 0 Å². The minimum Gasteiger partial charge on any atom is -0.459 e. The Bertz CT molecular complexity index is 388. The average Bonchev–Trinajstić information content (AvgIpc) is 3.27. The van der Waals surface area contributed by atoms with Gasteiger partial charge >= 0.3 is 0 Å². The van der Waals surface area contributed by atoms with Gasteiger partial charge in [0, 0.05) is 13.0 Å². The first-order valence-electron chi connectivity index (χ1n) is 6.78. The maximum atomic E-state index is 5.95. The van der Waals surface area contributed by atoms with Crippen LogP contribution in [0.25, 0.3) is 0 Å². The molecule has 2 fully saturated rings. The normalized spacial score (nSPS) is 30.2. The van der Waals surface area contributed by atoms with Crippen molar-refractivity contribution < 1.29 is 14.2 Å². The zero-order valence-electron chi connectivity index (χ0n) is 10.8. The molecule has 3 heteroatoms. The molecule has 1 saturated heterocycles. The van der Waals surface area contributed by atoms with Gasteiger partial charge in [-0.25, -0.2) is 0 Å². The third kappa shape index (κ3) is 2.85. The van der Waals surface area contributed by atoms with Crippen molar-refractivity contribution in [2.24, 2.45) is 5.92 Å². The van der Waals surface area contributed by atoms with Gasteiger partial charge in [-0.05, 0) is 37.8 Å². The van der Waals surface area contributed by atoms with Crippen LogP contribution in [0.3, 0.4) is 0 Å². The van der Waals surface area contributed by atoms with Crippen molar-refractivity contribution >= 4 is 0 Å². The molecule has 3 rings (SSSR count). The maximum absolute atomic E-state index is 5.95. The van der Waals surface area contributed by atoms with Crippen LogP contribution in [0.1, 0.15) is 26.2 Å². The summed E-state index contributed by atoms with van der Waals surface area (Å²) in [6, 6.07) is 9.84. The predicted molar refractivity (Wildman–Crippen MR) is 68.5 cm³/mol. The fourth-order valence-electron chi connectivity index (χ4n) is 2.12. The summed E-state index contributed by atoms with van der Waals surface area (Å²) in [6.45, 7) is 3.66. The predicted octanol–water partition coefficient (Wildman–Crippen LogP) is 3.00. The van der Waals surface area contributed by atoms with E-state index in [1.807, 2.05) is 37.3 Å². The first-order valence-corrected chi connectivity index (χ1v) is 6.78. The average molecular weight is 248 g/mol. The number of hydrogen-bond donors (Lipinski definition) is 0. The van der Waals surface area contributed by atoms with E-state index in [9.17, 15) is 0 Å². The van der Waals surface area contributed by atoms with Gasteiger partial charge < -0.3 is 14.2 Å². The van der Waals surface area contributed by atoms with Gasteiger partial charge in [-0.15, -0.1) is 0 Å². The van der Waals surface area contributed by atoms with Gasteiger partial charge in [0.25, 0.3) is 0 Å². The minimum absolute atomic E-state index is 0.155. The molecule has 1 aromatic carbocycles. The summed E-state index contributed by atoms with van der Waals surface area (Å²) in [5.41, 5.74) is 0. The van der Waals surface area contributed by atoms with Crippen LogP contribution >= 0.6 is 0 Å². The van der Waals surface area contributed by atoms with E-state index in [-0.39, 0.29) is 6.10 Å². The molecule has 0 bridgehead atoms. The molecule has 1 aliphatic heterocycles. The Kier molecular flexibility index (Phi) is 3.27. The lowest BCUT2D eigenvalue weighted by Gasteiger charge is -2.15. The highest BCUT2D eigenvalue weighted by Crippen LogP contribution is 2.41. The molecule has 0 radical (unpaired) electrons. The molecule has 2 unspecified atom stereocenters. The van der Waals surface area contributed by atoms with Crippen LogP contribution in [0, 0.1) is 5.92 Å². The molecule has 2 aliphatic rings. The molecular weight excluding hydrogens is 228 g/mol. The molecule has 0 amide bonds. The van der Waals surface area contributed by atoms with Crippen molar-refractivity contribution in [3.63, 3.8) is 0 Å². The lowest BCUT2D eigenvalue weighted by molar-refractivity contribution is 0.0170. The second-order valence-electron chi connectivity index (χ2n) is 5.26. The van der Waals surface area contributed by atoms with Crippen LogP contribution in [0.2, 0.25) is 0 Å². The van der Waals surface area contributed by atoms with Crippen molar-refractivity contribution in [2.75, 3.05) is 13.2 Å². The lowest BCUT2D eigenvalue weighted by Crippen LogP contribution is -2.25. The van der Waals surface area contributed by atoms with Crippen LogP contribution < -0.4 is 4.74 Å². The van der Waals surface area contributed by atoms with Gasteiger partial charge in [-0.1, -0.05) is 18.2 Å². The van der Waals surface area contributed by atoms with Crippen LogP contribution in [0.5, 0.6) is 5.75 Å². The fraction of sp³-hybridized carbons (Fsp3) is 0.600. The van der Waals surface area contributed by atoms with E-state index in [0.717, 1.165) is 24.7 Å². The molecule has 1 heterocycles. The summed E-state index contributed by atoms with van der Waals surface area (Å²) in [4.78, 5) is 0. The Balaban J connectivity index is 1.47. The molecule has 18 heavy (non-hydrogen) atoms. The fourth-order valence-corrected chi connectivity index (χ4v) is 2.12. The summed E-state index contributed by atoms with van der Waals surface area (Å²) in [5.74, 6) is 1.22. The number of hydrogen-bond acceptors (Lipinski definition) is 3. The SMILES string of the molecule is CC1OC1(CCOCC1CC1)Oc1ccccc1. The van der Waals surface area contributed by atoms with Gasteiger partial charge in [-0.2, -0.15) is 0 Å². The monoisotopic (exact) mass is 248 g/mol. The van der Waals surface area contributed by atoms with Crippen LogP contribution in [-0.2, 0) is 9.47 Å². The first-order chi connectivity index (χ1) is 8.78. The number of rotatable bonds is 7. The molecule has 0 N–H and O–H groups in total. The van der Waals surface area contributed by atoms with Crippen molar-refractivity contribution in [3.05, 3.63) is 30.3 Å². The maximum Gasteiger partial charge on any atom is 0.239 e. The second-order valence-corrected chi connectivity index (χ2v) is 5.26. The molecule has 1 saturated carbocycles. The molecule has 3 nitrogen and oxygen atoms in total. The molecule has 1 aliphatic carbocycles. The Hall–Kier alpha value is -1.06. The van der Waals surface area contributed by atoms with E-state index in [0.29, 0.717) is 6.61 Å². The summed E-state index contributed by atoms with van der Waals surface area (Å²) in [6.07, 6.45) is 3.62. The highest BCUT2D eigenvalue weighted by atomic mass is 16.8. The lowest BCUT2D eigenvalue weighted by atomic mass is 10.2. The van der Waals surface area contributed by atoms with Crippen molar-refractivity contribution in [1.29, 1.82) is 0 Å². The van der Waals surface area contributed by atoms with Crippen LogP contribution in [0.4, 0.5) is 0 Å². The van der Waals surface area contributed by atoms with Crippen LogP contribution in [-0.4, -0.2) is 25.1 Å². The van der Waals surface area contributed by atoms with Gasteiger partial charge in [-0.3, -0.25) is 0 Å². The van der Waals surface area contributed by atoms with Crippen molar-refractivity contribution in [2.45, 2.75) is 38.1 Å². The number of ether oxygens (including phenoxy) is 3. The number of epoxide rings is 1. The summed E-state index contributed by atoms with van der Waals surface area (Å²) >= 11 is 0. The highest BCUT2D eigenvalue weighted by molar-refractivity contribution is 5.22. The topological polar surface area (TPSA) is 31.0 Å². The van der Waals surface area contributed by atoms with Gasteiger partial charge in [0.15, 0.2) is 0 Å². The summed E-state index contributed by atoms with van der Waals surface area (Å²) in [5, 5.41) is 0. The number of para-hydroxylation sites is 1. The van der Waals surface area contributed by atoms with Gasteiger partial charge in [0.2, 0.25) is 5.79 Å². The zero-order chi connectivity index (χ0) is 12.4.